The molecular weight excluding hydrogens is 278 g/mol. The summed E-state index contributed by atoms with van der Waals surface area (Å²) in [6, 6.07) is 18.3. The Morgan fingerprint density at radius 1 is 1.00 bits per heavy atom. The minimum absolute atomic E-state index is 0.162. The Labute approximate surface area is 129 Å². The van der Waals surface area contributed by atoms with Crippen molar-refractivity contribution in [3.63, 3.8) is 0 Å². The predicted molar refractivity (Wildman–Crippen MR) is 91.6 cm³/mol. The fourth-order valence-corrected chi connectivity index (χ4v) is 3.42. The molecule has 0 saturated heterocycles. The first-order chi connectivity index (χ1) is 10.1. The number of nitrogens with two attached hydrogens (primary N) is 1. The van der Waals surface area contributed by atoms with Gasteiger partial charge in [-0.3, -0.25) is 4.21 Å². The highest BCUT2D eigenvalue weighted by molar-refractivity contribution is 7.85. The molecule has 0 bridgehead atoms. The van der Waals surface area contributed by atoms with E-state index >= 15 is 0 Å². The molecular formula is C18H23NOS. The third-order valence-corrected chi connectivity index (χ3v) is 5.73. The van der Waals surface area contributed by atoms with Gasteiger partial charge in [-0.15, -0.1) is 0 Å². The third-order valence-electron chi connectivity index (χ3n) is 3.81. The van der Waals surface area contributed by atoms with E-state index in [0.717, 1.165) is 12.0 Å². The topological polar surface area (TPSA) is 43.1 Å². The molecule has 112 valence electrons. The summed E-state index contributed by atoms with van der Waals surface area (Å²) in [5.41, 5.74) is 9.60. The fourth-order valence-electron chi connectivity index (χ4n) is 2.18. The second kappa shape index (κ2) is 7.53. The summed E-state index contributed by atoms with van der Waals surface area (Å²) in [4.78, 5) is 0. The van der Waals surface area contributed by atoms with Crippen LogP contribution in [0.15, 0.2) is 54.6 Å². The Morgan fingerprint density at radius 2 is 1.57 bits per heavy atom. The molecule has 3 heteroatoms. The van der Waals surface area contributed by atoms with Crippen LogP contribution in [0.2, 0.25) is 0 Å². The van der Waals surface area contributed by atoms with Crippen LogP contribution in [0, 0.1) is 0 Å². The van der Waals surface area contributed by atoms with Gasteiger partial charge in [0.05, 0.1) is 0 Å². The molecule has 0 aromatic heterocycles. The fraction of sp³-hybridized carbons (Fsp3) is 0.333. The smallest absolute Gasteiger partial charge is 0.0431 e. The summed E-state index contributed by atoms with van der Waals surface area (Å²) < 4.78 is 12.1. The van der Waals surface area contributed by atoms with Crippen molar-refractivity contribution in [2.45, 2.75) is 31.6 Å². The molecule has 3 unspecified atom stereocenters. The first-order valence-corrected chi connectivity index (χ1v) is 8.78. The third kappa shape index (κ3) is 4.26. The highest BCUT2D eigenvalue weighted by Gasteiger charge is 2.14. The van der Waals surface area contributed by atoms with Gasteiger partial charge in [0, 0.05) is 27.8 Å². The summed E-state index contributed by atoms with van der Waals surface area (Å²) >= 11 is 0. The van der Waals surface area contributed by atoms with Gasteiger partial charge >= 0.3 is 0 Å². The van der Waals surface area contributed by atoms with E-state index < -0.39 is 10.8 Å². The van der Waals surface area contributed by atoms with Gasteiger partial charge in [0.15, 0.2) is 0 Å². The maximum Gasteiger partial charge on any atom is 0.0431 e. The zero-order valence-corrected chi connectivity index (χ0v) is 13.5. The van der Waals surface area contributed by atoms with Gasteiger partial charge in [0.25, 0.3) is 0 Å². The molecule has 0 aliphatic rings. The van der Waals surface area contributed by atoms with Gasteiger partial charge in [-0.25, -0.2) is 0 Å². The van der Waals surface area contributed by atoms with Crippen LogP contribution in [0.1, 0.15) is 31.9 Å². The van der Waals surface area contributed by atoms with Gasteiger partial charge < -0.3 is 5.73 Å². The van der Waals surface area contributed by atoms with Crippen LogP contribution in [0.25, 0.3) is 11.1 Å². The minimum atomic E-state index is -0.862. The largest absolute Gasteiger partial charge is 0.323 e. The summed E-state index contributed by atoms with van der Waals surface area (Å²) in [5, 5.41) is 0.208. The summed E-state index contributed by atoms with van der Waals surface area (Å²) in [6.45, 7) is 4.07. The molecule has 2 aromatic rings. The predicted octanol–water partition coefficient (Wildman–Crippen LogP) is 3.90. The van der Waals surface area contributed by atoms with E-state index in [4.69, 9.17) is 5.73 Å². The van der Waals surface area contributed by atoms with Crippen molar-refractivity contribution < 1.29 is 4.21 Å². The van der Waals surface area contributed by atoms with Crippen LogP contribution >= 0.6 is 0 Å². The Hall–Kier alpha value is -1.45. The number of benzene rings is 2. The second-order valence-electron chi connectivity index (χ2n) is 5.36. The van der Waals surface area contributed by atoms with Gasteiger partial charge in [-0.05, 0) is 23.1 Å². The van der Waals surface area contributed by atoms with E-state index in [1.165, 1.54) is 11.1 Å². The quantitative estimate of drug-likeness (QED) is 0.879. The molecule has 0 heterocycles. The Morgan fingerprint density at radius 3 is 2.14 bits per heavy atom. The molecule has 2 rings (SSSR count). The lowest BCUT2D eigenvalue weighted by atomic mass is 10.0. The molecule has 0 saturated carbocycles. The molecule has 0 radical (unpaired) electrons. The van der Waals surface area contributed by atoms with Crippen LogP contribution < -0.4 is 5.73 Å². The van der Waals surface area contributed by atoms with Crippen molar-refractivity contribution in [1.82, 2.24) is 0 Å². The van der Waals surface area contributed by atoms with E-state index in [-0.39, 0.29) is 11.3 Å². The van der Waals surface area contributed by atoms with Crippen molar-refractivity contribution in [3.05, 3.63) is 60.2 Å². The van der Waals surface area contributed by atoms with Gasteiger partial charge in [-0.2, -0.15) is 0 Å². The molecule has 2 nitrogen and oxygen atoms in total. The van der Waals surface area contributed by atoms with Crippen LogP contribution in [0.5, 0.6) is 0 Å². The lowest BCUT2D eigenvalue weighted by Gasteiger charge is -2.15. The van der Waals surface area contributed by atoms with Gasteiger partial charge in [-0.1, -0.05) is 68.4 Å². The van der Waals surface area contributed by atoms with Crippen LogP contribution in [0.4, 0.5) is 0 Å². The molecule has 21 heavy (non-hydrogen) atoms. The van der Waals surface area contributed by atoms with Gasteiger partial charge in [0.1, 0.15) is 0 Å². The average Bonchev–Trinajstić information content (AvgIpc) is 2.55. The maximum absolute atomic E-state index is 12.1. The highest BCUT2D eigenvalue weighted by Crippen LogP contribution is 2.22. The van der Waals surface area contributed by atoms with Crippen molar-refractivity contribution in [2.75, 3.05) is 5.75 Å². The maximum atomic E-state index is 12.1. The van der Waals surface area contributed by atoms with Gasteiger partial charge in [0.2, 0.25) is 0 Å². The highest BCUT2D eigenvalue weighted by atomic mass is 32.2. The molecule has 0 aliphatic carbocycles. The van der Waals surface area contributed by atoms with Crippen molar-refractivity contribution in [3.8, 4) is 11.1 Å². The summed E-state index contributed by atoms with van der Waals surface area (Å²) in [6.07, 6.45) is 0.923. The molecule has 0 amide bonds. The molecule has 2 aromatic carbocycles. The van der Waals surface area contributed by atoms with E-state index in [0.29, 0.717) is 5.75 Å². The molecule has 2 N–H and O–H groups in total. The normalized spacial score (nSPS) is 15.4. The second-order valence-corrected chi connectivity index (χ2v) is 7.26. The molecule has 3 atom stereocenters. The number of rotatable bonds is 6. The Bertz CT molecular complexity index is 580. The van der Waals surface area contributed by atoms with Crippen LogP contribution in [-0.2, 0) is 10.8 Å². The zero-order chi connectivity index (χ0) is 15.2. The Kier molecular flexibility index (Phi) is 5.71. The summed E-state index contributed by atoms with van der Waals surface area (Å²) in [7, 11) is -0.862. The summed E-state index contributed by atoms with van der Waals surface area (Å²) in [5.74, 6) is 0.527. The Balaban J connectivity index is 2.07. The number of hydrogen-bond acceptors (Lipinski definition) is 2. The zero-order valence-electron chi connectivity index (χ0n) is 12.7. The van der Waals surface area contributed by atoms with E-state index in [1.54, 1.807) is 0 Å². The first-order valence-electron chi connectivity index (χ1n) is 7.40. The average molecular weight is 301 g/mol. The van der Waals surface area contributed by atoms with E-state index in [9.17, 15) is 4.21 Å². The lowest BCUT2D eigenvalue weighted by Crippen LogP contribution is -2.23. The van der Waals surface area contributed by atoms with Crippen LogP contribution in [0.3, 0.4) is 0 Å². The van der Waals surface area contributed by atoms with Crippen LogP contribution in [-0.4, -0.2) is 15.2 Å². The minimum Gasteiger partial charge on any atom is -0.323 e. The standard InChI is InChI=1S/C18H23NOS/c1-3-14(2)21(20)13-18(19)17-11-9-16(10-12-17)15-7-5-4-6-8-15/h4-12,14,18H,3,13,19H2,1-2H3. The van der Waals surface area contributed by atoms with Crippen molar-refractivity contribution >= 4 is 10.8 Å². The molecule has 0 spiro atoms. The van der Waals surface area contributed by atoms with Crippen molar-refractivity contribution in [2.24, 2.45) is 5.73 Å². The monoisotopic (exact) mass is 301 g/mol. The van der Waals surface area contributed by atoms with E-state index in [2.05, 4.69) is 31.2 Å². The SMILES string of the molecule is CCC(C)S(=O)CC(N)c1ccc(-c2ccccc2)cc1. The van der Waals surface area contributed by atoms with Crippen molar-refractivity contribution in [1.29, 1.82) is 0 Å². The first kappa shape index (κ1) is 15.9. The number of hydrogen-bond donors (Lipinski definition) is 1. The molecule has 0 aliphatic heterocycles. The molecule has 0 fully saturated rings. The van der Waals surface area contributed by atoms with E-state index in [1.807, 2.05) is 37.3 Å². The lowest BCUT2D eigenvalue weighted by molar-refractivity contribution is 0.662.